The lowest BCUT2D eigenvalue weighted by molar-refractivity contribution is -0.139. The van der Waals surface area contributed by atoms with E-state index >= 15 is 0 Å². The molecule has 148 valence electrons. The molecule has 28 heavy (non-hydrogen) atoms. The molecule has 0 spiro atoms. The zero-order chi connectivity index (χ0) is 20.6. The average molecular weight is 423 g/mol. The minimum Gasteiger partial charge on any atom is -0.466 e. The van der Waals surface area contributed by atoms with Crippen LogP contribution in [0.1, 0.15) is 25.3 Å². The molecule has 2 aliphatic heterocycles. The number of halogens is 1. The maximum Gasteiger partial charge on any atom is 0.338 e. The van der Waals surface area contributed by atoms with Crippen LogP contribution in [0.2, 0.25) is 5.02 Å². The van der Waals surface area contributed by atoms with Gasteiger partial charge in [0, 0.05) is 5.02 Å². The van der Waals surface area contributed by atoms with E-state index in [4.69, 9.17) is 26.8 Å². The Morgan fingerprint density at radius 3 is 2.54 bits per heavy atom. The van der Waals surface area contributed by atoms with Crippen LogP contribution in [0, 0.1) is 0 Å². The van der Waals surface area contributed by atoms with Gasteiger partial charge in [-0.2, -0.15) is 0 Å². The van der Waals surface area contributed by atoms with Crippen LogP contribution < -0.4 is 5.73 Å². The third-order valence-electron chi connectivity index (χ3n) is 4.50. The summed E-state index contributed by atoms with van der Waals surface area (Å²) in [6.07, 6.45) is 0. The molecule has 2 heterocycles. The molecule has 0 aliphatic carbocycles. The summed E-state index contributed by atoms with van der Waals surface area (Å²) in [6, 6.07) is 6.82. The third kappa shape index (κ3) is 3.16. The minimum absolute atomic E-state index is 0.0119. The Balaban J connectivity index is 2.34. The summed E-state index contributed by atoms with van der Waals surface area (Å²) in [5, 5.41) is 0.224. The van der Waals surface area contributed by atoms with Crippen LogP contribution in [0.4, 0.5) is 0 Å². The van der Waals surface area contributed by atoms with Gasteiger partial charge in [-0.15, -0.1) is 0 Å². The van der Waals surface area contributed by atoms with Crippen LogP contribution in [0.5, 0.6) is 0 Å². The Bertz CT molecular complexity index is 927. The standard InChI is InChI=1S/C19H19ClN2O5S/c1-4-27-19(25)13-12(10-7-5-6-8-11(10)20)14(18(24)26-3)17-22(15(13)21)16(23)9(2)28-17/h5-9,12H,4,21H2,1-3H3/t9-,12-/m0/s1. The lowest BCUT2D eigenvalue weighted by Gasteiger charge is -2.33. The number of carbonyl (C=O) groups is 3. The van der Waals surface area contributed by atoms with Crippen molar-refractivity contribution in [2.75, 3.05) is 13.7 Å². The fourth-order valence-corrected chi connectivity index (χ4v) is 4.68. The second-order valence-electron chi connectivity index (χ2n) is 6.12. The second-order valence-corrected chi connectivity index (χ2v) is 7.85. The van der Waals surface area contributed by atoms with Crippen molar-refractivity contribution >= 4 is 41.2 Å². The fourth-order valence-electron chi connectivity index (χ4n) is 3.27. The normalized spacial score (nSPS) is 21.7. The van der Waals surface area contributed by atoms with Crippen molar-refractivity contribution in [1.82, 2.24) is 4.90 Å². The molecule has 7 nitrogen and oxygen atoms in total. The summed E-state index contributed by atoms with van der Waals surface area (Å²) in [6.45, 7) is 3.46. The molecule has 2 aliphatic rings. The first-order chi connectivity index (χ1) is 13.3. The monoisotopic (exact) mass is 422 g/mol. The summed E-state index contributed by atoms with van der Waals surface area (Å²) in [5.41, 5.74) is 6.89. The maximum atomic E-state index is 12.8. The van der Waals surface area contributed by atoms with E-state index in [1.165, 1.54) is 23.8 Å². The second kappa shape index (κ2) is 7.89. The van der Waals surface area contributed by atoms with Crippen molar-refractivity contribution in [3.05, 3.63) is 56.8 Å². The number of nitrogens with zero attached hydrogens (tertiary/aromatic N) is 1. The van der Waals surface area contributed by atoms with Gasteiger partial charge >= 0.3 is 11.9 Å². The first-order valence-electron chi connectivity index (χ1n) is 8.57. The third-order valence-corrected chi connectivity index (χ3v) is 6.03. The van der Waals surface area contributed by atoms with Gasteiger partial charge < -0.3 is 15.2 Å². The number of benzene rings is 1. The predicted molar refractivity (Wildman–Crippen MR) is 105 cm³/mol. The first kappa shape index (κ1) is 20.3. The molecule has 1 aromatic carbocycles. The van der Waals surface area contributed by atoms with Crippen LogP contribution in [0.3, 0.4) is 0 Å². The van der Waals surface area contributed by atoms with E-state index in [0.717, 1.165) is 0 Å². The largest absolute Gasteiger partial charge is 0.466 e. The van der Waals surface area contributed by atoms with Gasteiger partial charge in [-0.25, -0.2) is 9.59 Å². The number of fused-ring (bicyclic) bond motifs is 1. The van der Waals surface area contributed by atoms with Crippen molar-refractivity contribution in [3.8, 4) is 0 Å². The Morgan fingerprint density at radius 2 is 1.93 bits per heavy atom. The van der Waals surface area contributed by atoms with E-state index in [1.807, 2.05) is 0 Å². The molecule has 0 unspecified atom stereocenters. The number of rotatable bonds is 4. The minimum atomic E-state index is -0.919. The maximum absolute atomic E-state index is 12.8. The van der Waals surface area contributed by atoms with Gasteiger partial charge in [0.25, 0.3) is 0 Å². The van der Waals surface area contributed by atoms with Gasteiger partial charge in [-0.3, -0.25) is 9.69 Å². The van der Waals surface area contributed by atoms with E-state index < -0.39 is 23.1 Å². The highest BCUT2D eigenvalue weighted by Crippen LogP contribution is 2.50. The lowest BCUT2D eigenvalue weighted by Crippen LogP contribution is -2.40. The highest BCUT2D eigenvalue weighted by Gasteiger charge is 2.49. The van der Waals surface area contributed by atoms with Crippen LogP contribution in [0.25, 0.3) is 0 Å². The number of hydrogen-bond acceptors (Lipinski definition) is 7. The van der Waals surface area contributed by atoms with Crippen molar-refractivity contribution in [3.63, 3.8) is 0 Å². The fraction of sp³-hybridized carbons (Fsp3) is 0.316. The van der Waals surface area contributed by atoms with Gasteiger partial charge in [0.1, 0.15) is 5.82 Å². The molecule has 2 N–H and O–H groups in total. The van der Waals surface area contributed by atoms with Crippen molar-refractivity contribution in [2.24, 2.45) is 5.73 Å². The van der Waals surface area contributed by atoms with Gasteiger partial charge in [-0.1, -0.05) is 41.6 Å². The summed E-state index contributed by atoms with van der Waals surface area (Å²) in [7, 11) is 1.24. The number of thioether (sulfide) groups is 1. The van der Waals surface area contributed by atoms with Crippen LogP contribution in [-0.2, 0) is 23.9 Å². The smallest absolute Gasteiger partial charge is 0.338 e. The molecule has 9 heteroatoms. The first-order valence-corrected chi connectivity index (χ1v) is 9.83. The molecule has 1 amide bonds. The van der Waals surface area contributed by atoms with Crippen molar-refractivity contribution in [1.29, 1.82) is 0 Å². The predicted octanol–water partition coefficient (Wildman–Crippen LogP) is 2.52. The lowest BCUT2D eigenvalue weighted by atomic mass is 9.82. The van der Waals surface area contributed by atoms with E-state index in [1.54, 1.807) is 38.1 Å². The molecule has 0 saturated carbocycles. The van der Waals surface area contributed by atoms with Gasteiger partial charge in [0.2, 0.25) is 5.91 Å². The number of hydrogen-bond donors (Lipinski definition) is 1. The Kier molecular flexibility index (Phi) is 5.71. The molecular formula is C19H19ClN2O5S. The molecule has 1 fully saturated rings. The van der Waals surface area contributed by atoms with Crippen molar-refractivity contribution < 1.29 is 23.9 Å². The molecule has 0 radical (unpaired) electrons. The van der Waals surface area contributed by atoms with Gasteiger partial charge in [-0.05, 0) is 25.5 Å². The molecule has 2 atom stereocenters. The molecule has 1 saturated heterocycles. The zero-order valence-corrected chi connectivity index (χ0v) is 17.1. The molecule has 0 bridgehead atoms. The molecule has 1 aromatic rings. The molecular weight excluding hydrogens is 404 g/mol. The quantitative estimate of drug-likeness (QED) is 0.744. The van der Waals surface area contributed by atoms with Crippen molar-refractivity contribution in [2.45, 2.75) is 25.0 Å². The number of amides is 1. The van der Waals surface area contributed by atoms with Crippen LogP contribution in [0.15, 0.2) is 46.3 Å². The highest BCUT2D eigenvalue weighted by atomic mass is 35.5. The topological polar surface area (TPSA) is 98.9 Å². The average Bonchev–Trinajstić information content (AvgIpc) is 2.96. The van der Waals surface area contributed by atoms with Crippen LogP contribution >= 0.6 is 23.4 Å². The Hall–Kier alpha value is -2.45. The number of esters is 2. The summed E-state index contributed by atoms with van der Waals surface area (Å²) in [4.78, 5) is 39.4. The summed E-state index contributed by atoms with van der Waals surface area (Å²) in [5.74, 6) is -2.69. The molecule has 3 rings (SSSR count). The number of methoxy groups -OCH3 is 1. The summed E-state index contributed by atoms with van der Waals surface area (Å²) < 4.78 is 10.2. The highest BCUT2D eigenvalue weighted by molar-refractivity contribution is 8.04. The van der Waals surface area contributed by atoms with Gasteiger partial charge in [0.15, 0.2) is 0 Å². The summed E-state index contributed by atoms with van der Waals surface area (Å²) >= 11 is 7.58. The Morgan fingerprint density at radius 1 is 1.25 bits per heavy atom. The van der Waals surface area contributed by atoms with Crippen LogP contribution in [-0.4, -0.2) is 41.7 Å². The van der Waals surface area contributed by atoms with E-state index in [-0.39, 0.29) is 29.5 Å². The molecule has 0 aromatic heterocycles. The van der Waals surface area contributed by atoms with E-state index in [9.17, 15) is 14.4 Å². The van der Waals surface area contributed by atoms with E-state index in [2.05, 4.69) is 0 Å². The SMILES string of the molecule is CCOC(=O)C1=C(N)N2C(=O)[C@H](C)SC2=C(C(=O)OC)[C@H]1c1ccccc1Cl. The number of carbonyl (C=O) groups excluding carboxylic acids is 3. The number of ether oxygens (including phenoxy) is 2. The van der Waals surface area contributed by atoms with Gasteiger partial charge in [0.05, 0.1) is 41.1 Å². The number of nitrogens with two attached hydrogens (primary N) is 1. The Labute approximate surface area is 171 Å². The van der Waals surface area contributed by atoms with E-state index in [0.29, 0.717) is 15.6 Å². The zero-order valence-electron chi connectivity index (χ0n) is 15.5.